The van der Waals surface area contributed by atoms with Crippen LogP contribution in [-0.2, 0) is 0 Å². The summed E-state index contributed by atoms with van der Waals surface area (Å²) in [6.45, 7) is 7.43. The molecular formula is C12H19ClN2. The van der Waals surface area contributed by atoms with E-state index in [2.05, 4.69) is 19.2 Å². The second kappa shape index (κ2) is 5.26. The summed E-state index contributed by atoms with van der Waals surface area (Å²) in [5, 5.41) is 3.99. The molecule has 0 radical (unpaired) electrons. The second-order valence-electron chi connectivity index (χ2n) is 4.30. The fourth-order valence-corrected chi connectivity index (χ4v) is 1.55. The topological polar surface area (TPSA) is 38.0 Å². The van der Waals surface area contributed by atoms with Crippen LogP contribution in [0.25, 0.3) is 0 Å². The third-order valence-electron chi connectivity index (χ3n) is 2.38. The molecule has 3 N–H and O–H groups in total. The van der Waals surface area contributed by atoms with E-state index in [0.29, 0.717) is 16.6 Å². The van der Waals surface area contributed by atoms with Crippen LogP contribution in [0.1, 0.15) is 25.8 Å². The van der Waals surface area contributed by atoms with Crippen LogP contribution in [0.5, 0.6) is 0 Å². The molecule has 2 nitrogen and oxygen atoms in total. The van der Waals surface area contributed by atoms with Gasteiger partial charge in [-0.05, 0) is 37.0 Å². The first-order valence-electron chi connectivity index (χ1n) is 5.30. The minimum absolute atomic E-state index is 0.618. The molecule has 0 aromatic heterocycles. The molecule has 84 valence electrons. The highest BCUT2D eigenvalue weighted by molar-refractivity contribution is 6.33. The van der Waals surface area contributed by atoms with E-state index >= 15 is 0 Å². The molecule has 1 rings (SSSR count). The van der Waals surface area contributed by atoms with Crippen molar-refractivity contribution in [2.24, 2.45) is 5.92 Å². The van der Waals surface area contributed by atoms with Crippen LogP contribution in [-0.4, -0.2) is 6.54 Å². The van der Waals surface area contributed by atoms with E-state index < -0.39 is 0 Å². The third-order valence-corrected chi connectivity index (χ3v) is 2.71. The highest BCUT2D eigenvalue weighted by atomic mass is 35.5. The molecule has 0 aliphatic carbocycles. The van der Waals surface area contributed by atoms with Crippen LogP contribution < -0.4 is 11.1 Å². The Kier molecular flexibility index (Phi) is 4.28. The zero-order valence-electron chi connectivity index (χ0n) is 9.60. The van der Waals surface area contributed by atoms with Crippen molar-refractivity contribution in [2.45, 2.75) is 27.2 Å². The van der Waals surface area contributed by atoms with Crippen LogP contribution in [0, 0.1) is 12.8 Å². The minimum Gasteiger partial charge on any atom is -0.398 e. The predicted molar refractivity (Wildman–Crippen MR) is 68.5 cm³/mol. The summed E-state index contributed by atoms with van der Waals surface area (Å²) >= 11 is 5.96. The number of aryl methyl sites for hydroxylation is 1. The molecule has 0 spiro atoms. The van der Waals surface area contributed by atoms with Crippen molar-refractivity contribution in [1.29, 1.82) is 0 Å². The summed E-state index contributed by atoms with van der Waals surface area (Å²) in [4.78, 5) is 0. The summed E-state index contributed by atoms with van der Waals surface area (Å²) < 4.78 is 0. The van der Waals surface area contributed by atoms with Gasteiger partial charge in [0, 0.05) is 12.2 Å². The van der Waals surface area contributed by atoms with Crippen molar-refractivity contribution < 1.29 is 0 Å². The van der Waals surface area contributed by atoms with Gasteiger partial charge in [0.15, 0.2) is 0 Å². The fraction of sp³-hybridized carbons (Fsp3) is 0.500. The van der Waals surface area contributed by atoms with Gasteiger partial charge in [-0.2, -0.15) is 0 Å². The van der Waals surface area contributed by atoms with Gasteiger partial charge in [0.1, 0.15) is 0 Å². The van der Waals surface area contributed by atoms with E-state index in [0.717, 1.165) is 24.2 Å². The van der Waals surface area contributed by atoms with Gasteiger partial charge >= 0.3 is 0 Å². The molecule has 0 atom stereocenters. The zero-order chi connectivity index (χ0) is 11.4. The standard InChI is InChI=1S/C12H19ClN2/c1-8(2)4-5-15-12-7-10(13)11(14)6-9(12)3/h6-8,15H,4-5,14H2,1-3H3. The normalized spacial score (nSPS) is 10.7. The summed E-state index contributed by atoms with van der Waals surface area (Å²) in [6, 6.07) is 3.80. The van der Waals surface area contributed by atoms with Crippen LogP contribution in [0.2, 0.25) is 5.02 Å². The molecular weight excluding hydrogens is 208 g/mol. The van der Waals surface area contributed by atoms with E-state index in [1.165, 1.54) is 0 Å². The first kappa shape index (κ1) is 12.2. The quantitative estimate of drug-likeness (QED) is 0.769. The summed E-state index contributed by atoms with van der Waals surface area (Å²) in [5.41, 5.74) is 8.57. The maximum Gasteiger partial charge on any atom is 0.0656 e. The number of halogens is 1. The molecule has 0 bridgehead atoms. The fourth-order valence-electron chi connectivity index (χ4n) is 1.39. The van der Waals surface area contributed by atoms with Gasteiger partial charge in [0.25, 0.3) is 0 Å². The highest BCUT2D eigenvalue weighted by Gasteiger charge is 2.03. The Balaban J connectivity index is 2.65. The van der Waals surface area contributed by atoms with Crippen molar-refractivity contribution in [2.75, 3.05) is 17.6 Å². The van der Waals surface area contributed by atoms with Crippen LogP contribution >= 0.6 is 11.6 Å². The number of anilines is 2. The lowest BCUT2D eigenvalue weighted by Gasteiger charge is -2.12. The summed E-state index contributed by atoms with van der Waals surface area (Å²) in [7, 11) is 0. The monoisotopic (exact) mass is 226 g/mol. The highest BCUT2D eigenvalue weighted by Crippen LogP contribution is 2.26. The van der Waals surface area contributed by atoms with Gasteiger partial charge in [-0.1, -0.05) is 25.4 Å². The maximum atomic E-state index is 5.96. The minimum atomic E-state index is 0.618. The van der Waals surface area contributed by atoms with E-state index in [1.54, 1.807) is 0 Å². The molecule has 0 unspecified atom stereocenters. The molecule has 0 heterocycles. The molecule has 0 saturated carbocycles. The Morgan fingerprint density at radius 3 is 2.67 bits per heavy atom. The number of nitrogens with two attached hydrogens (primary N) is 1. The van der Waals surface area contributed by atoms with E-state index in [9.17, 15) is 0 Å². The zero-order valence-corrected chi connectivity index (χ0v) is 10.4. The molecule has 1 aromatic carbocycles. The van der Waals surface area contributed by atoms with E-state index in [4.69, 9.17) is 17.3 Å². The number of nitrogens with one attached hydrogen (secondary N) is 1. The molecule has 3 heteroatoms. The summed E-state index contributed by atoms with van der Waals surface area (Å²) in [6.07, 6.45) is 1.15. The van der Waals surface area contributed by atoms with Gasteiger partial charge in [-0.3, -0.25) is 0 Å². The van der Waals surface area contributed by atoms with Gasteiger partial charge in [0.2, 0.25) is 0 Å². The van der Waals surface area contributed by atoms with Gasteiger partial charge in [-0.25, -0.2) is 0 Å². The van der Waals surface area contributed by atoms with Crippen molar-refractivity contribution in [1.82, 2.24) is 0 Å². The lowest BCUT2D eigenvalue weighted by molar-refractivity contribution is 0.607. The third kappa shape index (κ3) is 3.63. The van der Waals surface area contributed by atoms with E-state index in [-0.39, 0.29) is 0 Å². The lowest BCUT2D eigenvalue weighted by atomic mass is 10.1. The molecule has 0 fully saturated rings. The molecule has 0 aliphatic heterocycles. The van der Waals surface area contributed by atoms with Crippen molar-refractivity contribution in [3.8, 4) is 0 Å². The maximum absolute atomic E-state index is 5.96. The Bertz CT molecular complexity index is 335. The Labute approximate surface area is 96.8 Å². The molecule has 0 aliphatic rings. The largest absolute Gasteiger partial charge is 0.398 e. The molecule has 15 heavy (non-hydrogen) atoms. The smallest absolute Gasteiger partial charge is 0.0656 e. The van der Waals surface area contributed by atoms with Crippen molar-refractivity contribution >= 4 is 23.0 Å². The number of nitrogen functional groups attached to an aromatic ring is 1. The number of hydrogen-bond acceptors (Lipinski definition) is 2. The number of hydrogen-bond donors (Lipinski definition) is 2. The van der Waals surface area contributed by atoms with Gasteiger partial charge in [0.05, 0.1) is 10.7 Å². The lowest BCUT2D eigenvalue weighted by Crippen LogP contribution is -2.06. The predicted octanol–water partition coefficient (Wildman–Crippen LogP) is 3.69. The summed E-state index contributed by atoms with van der Waals surface area (Å²) in [5.74, 6) is 0.710. The Morgan fingerprint density at radius 1 is 1.40 bits per heavy atom. The van der Waals surface area contributed by atoms with E-state index in [1.807, 2.05) is 19.1 Å². The van der Waals surface area contributed by atoms with Crippen LogP contribution in [0.15, 0.2) is 12.1 Å². The number of benzene rings is 1. The van der Waals surface area contributed by atoms with Crippen molar-refractivity contribution in [3.05, 3.63) is 22.7 Å². The van der Waals surface area contributed by atoms with Crippen LogP contribution in [0.4, 0.5) is 11.4 Å². The average Bonchev–Trinajstić information content (AvgIpc) is 2.13. The first-order valence-corrected chi connectivity index (χ1v) is 5.68. The molecule has 0 amide bonds. The SMILES string of the molecule is Cc1cc(N)c(Cl)cc1NCCC(C)C. The Hall–Kier alpha value is -0.890. The molecule has 1 aromatic rings. The van der Waals surface area contributed by atoms with Crippen molar-refractivity contribution in [3.63, 3.8) is 0 Å². The molecule has 0 saturated heterocycles. The Morgan fingerprint density at radius 2 is 2.07 bits per heavy atom. The first-order chi connectivity index (χ1) is 7.00. The van der Waals surface area contributed by atoms with Gasteiger partial charge < -0.3 is 11.1 Å². The number of rotatable bonds is 4. The van der Waals surface area contributed by atoms with Gasteiger partial charge in [-0.15, -0.1) is 0 Å². The van der Waals surface area contributed by atoms with Crippen LogP contribution in [0.3, 0.4) is 0 Å². The second-order valence-corrected chi connectivity index (χ2v) is 4.71. The average molecular weight is 227 g/mol.